The predicted molar refractivity (Wildman–Crippen MR) is 183 cm³/mol. The molecule has 0 radical (unpaired) electrons. The van der Waals surface area contributed by atoms with Crippen molar-refractivity contribution in [3.05, 3.63) is 200 Å². The number of aromatic amines is 1. The molecule has 0 saturated heterocycles. The number of carbonyl (C=O) groups is 2. The topological polar surface area (TPSA) is 89.0 Å². The minimum Gasteiger partial charge on any atom is -0.360 e. The van der Waals surface area contributed by atoms with Crippen LogP contribution in [0.25, 0.3) is 21.8 Å². The Morgan fingerprint density at radius 1 is 0.609 bits per heavy atom. The van der Waals surface area contributed by atoms with E-state index in [4.69, 9.17) is 0 Å². The van der Waals surface area contributed by atoms with Crippen molar-refractivity contribution in [2.24, 2.45) is 0 Å². The molecule has 46 heavy (non-hydrogen) atoms. The van der Waals surface area contributed by atoms with Gasteiger partial charge in [-0.15, -0.1) is 0 Å². The zero-order chi connectivity index (χ0) is 32.0. The molecule has 0 spiro atoms. The van der Waals surface area contributed by atoms with E-state index >= 15 is 0 Å². The summed E-state index contributed by atoms with van der Waals surface area (Å²) in [4.78, 5) is 53.5. The van der Waals surface area contributed by atoms with E-state index in [2.05, 4.69) is 30.1 Å². The average Bonchev–Trinajstić information content (AvgIpc) is 3.10. The molecular weight excluding hydrogens is 572 g/mol. The fourth-order valence-corrected chi connectivity index (χ4v) is 5.47. The second-order valence-corrected chi connectivity index (χ2v) is 11.0. The van der Waals surface area contributed by atoms with Crippen molar-refractivity contribution in [1.82, 2.24) is 9.55 Å². The molecule has 7 rings (SSSR count). The summed E-state index contributed by atoms with van der Waals surface area (Å²) in [5, 5.41) is 1.09. The van der Waals surface area contributed by atoms with Crippen LogP contribution in [-0.4, -0.2) is 21.1 Å². The van der Waals surface area contributed by atoms with Gasteiger partial charge in [-0.25, -0.2) is 0 Å². The van der Waals surface area contributed by atoms with Gasteiger partial charge in [0.1, 0.15) is 0 Å². The quantitative estimate of drug-likeness (QED) is 0.202. The Kier molecular flexibility index (Phi) is 8.61. The molecule has 5 aromatic carbocycles. The number of carbonyl (C=O) groups excluding carboxylic acids is 2. The van der Waals surface area contributed by atoms with E-state index in [0.717, 1.165) is 16.6 Å². The molecule has 0 atom stereocenters. The highest BCUT2D eigenvalue weighted by molar-refractivity contribution is 6.10. The van der Waals surface area contributed by atoms with Gasteiger partial charge in [0.15, 0.2) is 11.6 Å². The molecular formula is C40H30N2O4. The van der Waals surface area contributed by atoms with Crippen LogP contribution in [0.3, 0.4) is 0 Å². The van der Waals surface area contributed by atoms with Crippen LogP contribution in [0.2, 0.25) is 0 Å². The summed E-state index contributed by atoms with van der Waals surface area (Å²) in [7, 11) is 0. The number of hydrogen-bond acceptors (Lipinski definition) is 4. The Balaban J connectivity index is 0.000000172. The van der Waals surface area contributed by atoms with Gasteiger partial charge in [-0.3, -0.25) is 19.2 Å². The maximum absolute atomic E-state index is 13.0. The summed E-state index contributed by atoms with van der Waals surface area (Å²) >= 11 is 0. The number of H-pyrrole nitrogens is 1. The lowest BCUT2D eigenvalue weighted by atomic mass is 10.0. The predicted octanol–water partition coefficient (Wildman–Crippen LogP) is 7.35. The van der Waals surface area contributed by atoms with Crippen molar-refractivity contribution in [2.45, 2.75) is 13.5 Å². The standard InChI is InChI=1S/C24H19NO2.C16H11NO2/c1-17-8-7-9-18(14-17)15-25-16-21(23(26)19-10-3-2-4-11-19)24(27)20-12-5-6-13-22(20)25;18-15(11-6-2-1-3-7-11)13-10-17-14-9-5-4-8-12(14)16(13)19/h2-14,16H,15H2,1H3;1-10H,(H,17,19). The van der Waals surface area contributed by atoms with Crippen LogP contribution in [0.5, 0.6) is 0 Å². The molecule has 0 unspecified atom stereocenters. The lowest BCUT2D eigenvalue weighted by Gasteiger charge is -2.14. The normalized spacial score (nSPS) is 10.7. The molecule has 2 heterocycles. The summed E-state index contributed by atoms with van der Waals surface area (Å²) in [5.74, 6) is -0.503. The van der Waals surface area contributed by atoms with Crippen molar-refractivity contribution in [3.63, 3.8) is 0 Å². The highest BCUT2D eigenvalue weighted by Gasteiger charge is 2.17. The minimum absolute atomic E-state index is 0.171. The number of aromatic nitrogens is 2. The summed E-state index contributed by atoms with van der Waals surface area (Å²) < 4.78 is 1.99. The van der Waals surface area contributed by atoms with E-state index < -0.39 is 0 Å². The van der Waals surface area contributed by atoms with Crippen LogP contribution in [0, 0.1) is 6.92 Å². The van der Waals surface area contributed by atoms with Crippen molar-refractivity contribution in [1.29, 1.82) is 0 Å². The first-order valence-corrected chi connectivity index (χ1v) is 14.9. The van der Waals surface area contributed by atoms with E-state index in [-0.39, 0.29) is 33.6 Å². The smallest absolute Gasteiger partial charge is 0.200 e. The van der Waals surface area contributed by atoms with Gasteiger partial charge in [0.25, 0.3) is 0 Å². The highest BCUT2D eigenvalue weighted by atomic mass is 16.1. The molecule has 6 nitrogen and oxygen atoms in total. The Hall–Kier alpha value is -6.14. The Bertz CT molecular complexity index is 2320. The van der Waals surface area contributed by atoms with Gasteiger partial charge < -0.3 is 9.55 Å². The third-order valence-corrected chi connectivity index (χ3v) is 7.77. The van der Waals surface area contributed by atoms with Crippen LogP contribution >= 0.6 is 0 Å². The first-order chi connectivity index (χ1) is 22.4. The van der Waals surface area contributed by atoms with Gasteiger partial charge in [-0.05, 0) is 36.8 Å². The van der Waals surface area contributed by atoms with E-state index in [9.17, 15) is 19.2 Å². The number of hydrogen-bond donors (Lipinski definition) is 1. The summed E-state index contributed by atoms with van der Waals surface area (Å²) in [6.45, 7) is 2.65. The number of pyridine rings is 2. The van der Waals surface area contributed by atoms with Gasteiger partial charge in [-0.1, -0.05) is 115 Å². The number of benzene rings is 5. The Morgan fingerprint density at radius 3 is 1.85 bits per heavy atom. The molecule has 0 bridgehead atoms. The monoisotopic (exact) mass is 602 g/mol. The molecule has 224 valence electrons. The first-order valence-electron chi connectivity index (χ1n) is 14.9. The molecule has 0 aliphatic carbocycles. The molecule has 6 heteroatoms. The first kappa shape index (κ1) is 29.9. The van der Waals surface area contributed by atoms with E-state index in [1.807, 2.05) is 53.1 Å². The molecule has 7 aromatic rings. The lowest BCUT2D eigenvalue weighted by molar-refractivity contribution is 0.102. The maximum atomic E-state index is 13.0. The SMILES string of the molecule is Cc1cccc(Cn2cc(C(=O)c3ccccc3)c(=O)c3ccccc32)c1.O=C(c1ccccc1)c1c[nH]c2ccccc2c1=O. The third kappa shape index (κ3) is 6.23. The van der Waals surface area contributed by atoms with Crippen LogP contribution in [0.4, 0.5) is 0 Å². The molecule has 2 aromatic heterocycles. The summed E-state index contributed by atoms with van der Waals surface area (Å²) in [6, 6.07) is 40.6. The van der Waals surface area contributed by atoms with E-state index in [0.29, 0.717) is 28.4 Å². The molecule has 0 saturated carbocycles. The summed E-state index contributed by atoms with van der Waals surface area (Å²) in [6.07, 6.45) is 3.18. The van der Waals surface area contributed by atoms with Gasteiger partial charge in [0, 0.05) is 46.4 Å². The highest BCUT2D eigenvalue weighted by Crippen LogP contribution is 2.17. The molecule has 1 N–H and O–H groups in total. The fraction of sp³-hybridized carbons (Fsp3) is 0.0500. The zero-order valence-electron chi connectivity index (χ0n) is 25.1. The van der Waals surface area contributed by atoms with E-state index in [1.165, 1.54) is 11.8 Å². The maximum Gasteiger partial charge on any atom is 0.200 e. The number of rotatable bonds is 6. The zero-order valence-corrected chi connectivity index (χ0v) is 25.1. The number of ketones is 2. The number of fused-ring (bicyclic) bond motifs is 2. The van der Waals surface area contributed by atoms with Gasteiger partial charge in [0.2, 0.25) is 10.9 Å². The summed E-state index contributed by atoms with van der Waals surface area (Å²) in [5.41, 5.74) is 4.82. The van der Waals surface area contributed by atoms with Gasteiger partial charge in [-0.2, -0.15) is 0 Å². The van der Waals surface area contributed by atoms with E-state index in [1.54, 1.807) is 72.9 Å². The number of nitrogens with one attached hydrogen (secondary N) is 1. The lowest BCUT2D eigenvalue weighted by Crippen LogP contribution is -2.20. The molecule has 0 aliphatic heterocycles. The molecule has 0 fully saturated rings. The Labute approximate surface area is 265 Å². The Morgan fingerprint density at radius 2 is 1.17 bits per heavy atom. The number of para-hydroxylation sites is 2. The number of aryl methyl sites for hydroxylation is 1. The number of nitrogens with zero attached hydrogens (tertiary/aromatic N) is 1. The fourth-order valence-electron chi connectivity index (χ4n) is 5.47. The van der Waals surface area contributed by atoms with Crippen LogP contribution in [0.1, 0.15) is 43.0 Å². The van der Waals surface area contributed by atoms with Crippen LogP contribution < -0.4 is 10.9 Å². The second-order valence-electron chi connectivity index (χ2n) is 11.0. The largest absolute Gasteiger partial charge is 0.360 e. The van der Waals surface area contributed by atoms with Crippen LogP contribution in [-0.2, 0) is 6.54 Å². The van der Waals surface area contributed by atoms with Gasteiger partial charge >= 0.3 is 0 Å². The molecule has 0 aliphatic rings. The second kappa shape index (κ2) is 13.2. The molecule has 0 amide bonds. The third-order valence-electron chi connectivity index (χ3n) is 7.77. The van der Waals surface area contributed by atoms with Crippen molar-refractivity contribution < 1.29 is 9.59 Å². The van der Waals surface area contributed by atoms with Gasteiger partial charge in [0.05, 0.1) is 16.6 Å². The average molecular weight is 603 g/mol. The van der Waals surface area contributed by atoms with Crippen molar-refractivity contribution >= 4 is 33.4 Å². The van der Waals surface area contributed by atoms with Crippen molar-refractivity contribution in [2.75, 3.05) is 0 Å². The minimum atomic E-state index is -0.257. The van der Waals surface area contributed by atoms with Crippen LogP contribution in [0.15, 0.2) is 155 Å². The van der Waals surface area contributed by atoms with Crippen molar-refractivity contribution in [3.8, 4) is 0 Å².